The van der Waals surface area contributed by atoms with Crippen LogP contribution in [0.1, 0.15) is 10.5 Å². The quantitative estimate of drug-likeness (QED) is 0.393. The molecule has 0 atom stereocenters. The summed E-state index contributed by atoms with van der Waals surface area (Å²) in [6.07, 6.45) is 1.54. The molecule has 19 heavy (non-hydrogen) atoms. The lowest BCUT2D eigenvalue weighted by molar-refractivity contribution is 0.0950. The molecule has 0 bridgehead atoms. The van der Waals surface area contributed by atoms with Gasteiger partial charge in [-0.3, -0.25) is 14.9 Å². The van der Waals surface area contributed by atoms with Crippen LogP contribution >= 0.6 is 11.8 Å². The van der Waals surface area contributed by atoms with Gasteiger partial charge in [0, 0.05) is 37.3 Å². The minimum atomic E-state index is -0.180. The van der Waals surface area contributed by atoms with Crippen LogP contribution in [0.2, 0.25) is 0 Å². The van der Waals surface area contributed by atoms with Crippen LogP contribution in [0.3, 0.4) is 0 Å². The molecule has 1 aromatic rings. The number of aromatic nitrogens is 2. The number of aliphatic imine (C=N–C) groups is 1. The fourth-order valence-corrected chi connectivity index (χ4v) is 2.61. The van der Waals surface area contributed by atoms with Crippen molar-refractivity contribution in [1.82, 2.24) is 20.4 Å². The third kappa shape index (κ3) is 4.16. The summed E-state index contributed by atoms with van der Waals surface area (Å²) in [5, 5.41) is 9.07. The number of hydrogen-bond acceptors (Lipinski definition) is 4. The molecule has 2 rings (SSSR count). The molecule has 104 valence electrons. The standard InChI is InChI=1S/C11H18N6OS/c12-11(17-5-7-19-8-6-17)14-4-3-13-10(18)9-1-2-15-16-9/h1-2H,3-8H2,(H2,12,14)(H,13,18)(H,15,16). The number of guanidine groups is 1. The summed E-state index contributed by atoms with van der Waals surface area (Å²) in [7, 11) is 0. The Morgan fingerprint density at radius 3 is 3.05 bits per heavy atom. The molecule has 0 radical (unpaired) electrons. The molecule has 8 heteroatoms. The van der Waals surface area contributed by atoms with Gasteiger partial charge in [-0.25, -0.2) is 0 Å². The van der Waals surface area contributed by atoms with E-state index < -0.39 is 0 Å². The Bertz CT molecular complexity index is 426. The van der Waals surface area contributed by atoms with Crippen molar-refractivity contribution in [1.29, 1.82) is 0 Å². The first kappa shape index (κ1) is 13.7. The Balaban J connectivity index is 1.69. The van der Waals surface area contributed by atoms with Gasteiger partial charge in [0.1, 0.15) is 5.69 Å². The number of aromatic amines is 1. The highest BCUT2D eigenvalue weighted by Crippen LogP contribution is 2.08. The Kier molecular flexibility index (Phi) is 5.08. The van der Waals surface area contributed by atoms with Gasteiger partial charge in [-0.2, -0.15) is 16.9 Å². The lowest BCUT2D eigenvalue weighted by Gasteiger charge is -2.27. The zero-order valence-corrected chi connectivity index (χ0v) is 11.4. The van der Waals surface area contributed by atoms with Gasteiger partial charge in [0.25, 0.3) is 5.91 Å². The van der Waals surface area contributed by atoms with Crippen molar-refractivity contribution in [2.24, 2.45) is 10.7 Å². The smallest absolute Gasteiger partial charge is 0.269 e. The van der Waals surface area contributed by atoms with Crippen LogP contribution in [0.15, 0.2) is 17.3 Å². The topological polar surface area (TPSA) is 99.4 Å². The molecule has 1 fully saturated rings. The number of H-pyrrole nitrogens is 1. The van der Waals surface area contributed by atoms with Crippen LogP contribution in [-0.2, 0) is 0 Å². The van der Waals surface area contributed by atoms with Crippen LogP contribution in [0, 0.1) is 0 Å². The van der Waals surface area contributed by atoms with Gasteiger partial charge < -0.3 is 16.0 Å². The van der Waals surface area contributed by atoms with Gasteiger partial charge in [-0.05, 0) is 6.07 Å². The van der Waals surface area contributed by atoms with Gasteiger partial charge >= 0.3 is 0 Å². The van der Waals surface area contributed by atoms with Crippen LogP contribution < -0.4 is 11.1 Å². The predicted molar refractivity (Wildman–Crippen MR) is 76.3 cm³/mol. The maximum Gasteiger partial charge on any atom is 0.269 e. The van der Waals surface area contributed by atoms with E-state index >= 15 is 0 Å². The van der Waals surface area contributed by atoms with Crippen LogP contribution in [0.4, 0.5) is 0 Å². The summed E-state index contributed by atoms with van der Waals surface area (Å²) < 4.78 is 0. The average molecular weight is 282 g/mol. The van der Waals surface area contributed by atoms with Crippen molar-refractivity contribution >= 4 is 23.6 Å². The number of carbonyl (C=O) groups is 1. The van der Waals surface area contributed by atoms with E-state index in [0.29, 0.717) is 24.7 Å². The van der Waals surface area contributed by atoms with E-state index in [1.54, 1.807) is 12.3 Å². The molecule has 0 unspecified atom stereocenters. The van der Waals surface area contributed by atoms with Crippen LogP contribution in [0.25, 0.3) is 0 Å². The second-order valence-electron chi connectivity index (χ2n) is 4.07. The summed E-state index contributed by atoms with van der Waals surface area (Å²) in [5.41, 5.74) is 6.35. The fourth-order valence-electron chi connectivity index (χ4n) is 1.71. The molecule has 0 aromatic carbocycles. The van der Waals surface area contributed by atoms with Gasteiger partial charge in [0.2, 0.25) is 0 Å². The molecule has 7 nitrogen and oxygen atoms in total. The van der Waals surface area contributed by atoms with Crippen LogP contribution in [-0.4, -0.2) is 64.6 Å². The maximum absolute atomic E-state index is 11.6. The molecular formula is C11H18N6OS. The number of hydrogen-bond donors (Lipinski definition) is 3. The normalized spacial score (nSPS) is 16.4. The highest BCUT2D eigenvalue weighted by Gasteiger charge is 2.11. The molecule has 2 heterocycles. The van der Waals surface area contributed by atoms with Gasteiger partial charge in [0.05, 0.1) is 6.54 Å². The predicted octanol–water partition coefficient (Wildman–Crippen LogP) is -0.497. The molecular weight excluding hydrogens is 264 g/mol. The lowest BCUT2D eigenvalue weighted by Crippen LogP contribution is -2.43. The molecule has 1 aliphatic heterocycles. The minimum Gasteiger partial charge on any atom is -0.370 e. The summed E-state index contributed by atoms with van der Waals surface area (Å²) >= 11 is 1.93. The third-order valence-electron chi connectivity index (χ3n) is 2.75. The number of nitrogens with two attached hydrogens (primary N) is 1. The average Bonchev–Trinajstić information content (AvgIpc) is 2.98. The molecule has 0 spiro atoms. The monoisotopic (exact) mass is 282 g/mol. The maximum atomic E-state index is 11.6. The Morgan fingerprint density at radius 1 is 1.58 bits per heavy atom. The van der Waals surface area contributed by atoms with Crippen molar-refractivity contribution in [3.05, 3.63) is 18.0 Å². The number of nitrogens with one attached hydrogen (secondary N) is 2. The molecule has 0 aliphatic carbocycles. The number of nitrogens with zero attached hydrogens (tertiary/aromatic N) is 3. The highest BCUT2D eigenvalue weighted by atomic mass is 32.2. The number of amides is 1. The largest absolute Gasteiger partial charge is 0.370 e. The van der Waals surface area contributed by atoms with E-state index in [1.807, 2.05) is 11.8 Å². The number of thioether (sulfide) groups is 1. The van der Waals surface area contributed by atoms with Gasteiger partial charge in [-0.15, -0.1) is 0 Å². The Hall–Kier alpha value is -1.70. The SMILES string of the molecule is NC(=NCCNC(=O)c1ccn[nH]1)N1CCSCC1. The molecule has 1 aromatic heterocycles. The molecule has 1 amide bonds. The zero-order chi connectivity index (χ0) is 13.5. The second-order valence-corrected chi connectivity index (χ2v) is 5.29. The number of rotatable bonds is 4. The van der Waals surface area contributed by atoms with Crippen molar-refractivity contribution in [3.8, 4) is 0 Å². The number of carbonyl (C=O) groups excluding carboxylic acids is 1. The first-order chi connectivity index (χ1) is 9.27. The Morgan fingerprint density at radius 2 is 2.37 bits per heavy atom. The second kappa shape index (κ2) is 7.03. The first-order valence-corrected chi connectivity index (χ1v) is 7.33. The van der Waals surface area contributed by atoms with Gasteiger partial charge in [-0.1, -0.05) is 0 Å². The lowest BCUT2D eigenvalue weighted by atomic mass is 10.4. The van der Waals surface area contributed by atoms with E-state index in [2.05, 4.69) is 25.4 Å². The Labute approximate surface area is 116 Å². The molecule has 0 saturated carbocycles. The van der Waals surface area contributed by atoms with Crippen molar-refractivity contribution in [3.63, 3.8) is 0 Å². The van der Waals surface area contributed by atoms with Crippen molar-refractivity contribution in [2.45, 2.75) is 0 Å². The first-order valence-electron chi connectivity index (χ1n) is 6.17. The summed E-state index contributed by atoms with van der Waals surface area (Å²) in [6, 6.07) is 1.62. The summed E-state index contributed by atoms with van der Waals surface area (Å²) in [5.74, 6) is 2.57. The minimum absolute atomic E-state index is 0.180. The zero-order valence-electron chi connectivity index (χ0n) is 10.6. The van der Waals surface area contributed by atoms with Crippen molar-refractivity contribution in [2.75, 3.05) is 37.7 Å². The van der Waals surface area contributed by atoms with E-state index in [-0.39, 0.29) is 5.91 Å². The van der Waals surface area contributed by atoms with E-state index in [4.69, 9.17) is 5.73 Å². The van der Waals surface area contributed by atoms with Gasteiger partial charge in [0.15, 0.2) is 5.96 Å². The molecule has 1 saturated heterocycles. The third-order valence-corrected chi connectivity index (χ3v) is 3.69. The van der Waals surface area contributed by atoms with E-state index in [0.717, 1.165) is 24.6 Å². The molecule has 4 N–H and O–H groups in total. The molecule has 1 aliphatic rings. The highest BCUT2D eigenvalue weighted by molar-refractivity contribution is 7.99. The summed E-state index contributed by atoms with van der Waals surface area (Å²) in [6.45, 7) is 2.83. The fraction of sp³-hybridized carbons (Fsp3) is 0.545. The summed E-state index contributed by atoms with van der Waals surface area (Å²) in [4.78, 5) is 17.9. The van der Waals surface area contributed by atoms with Crippen molar-refractivity contribution < 1.29 is 4.79 Å². The van der Waals surface area contributed by atoms with E-state index in [9.17, 15) is 4.79 Å². The van der Waals surface area contributed by atoms with Crippen LogP contribution in [0.5, 0.6) is 0 Å². The van der Waals surface area contributed by atoms with E-state index in [1.165, 1.54) is 0 Å².